The van der Waals surface area contributed by atoms with Gasteiger partial charge in [0.25, 0.3) is 0 Å². The molecule has 2 heteroatoms. The Hall–Kier alpha value is -1.13. The zero-order chi connectivity index (χ0) is 10.1. The largest absolute Gasteiger partial charge is 1.00 e. The maximum atomic E-state index is 5.61. The van der Waals surface area contributed by atoms with Crippen LogP contribution in [0.2, 0.25) is 0 Å². The molecule has 0 N–H and O–H groups in total. The van der Waals surface area contributed by atoms with Crippen LogP contribution in [-0.2, 0) is 4.74 Å². The molecule has 0 aliphatic carbocycles. The monoisotopic (exact) mass is 202 g/mol. The Morgan fingerprint density at radius 3 is 2.00 bits per heavy atom. The second-order valence-electron chi connectivity index (χ2n) is 3.64. The molecule has 74 valence electrons. The van der Waals surface area contributed by atoms with E-state index in [1.807, 2.05) is 36.4 Å². The minimum Gasteiger partial charge on any atom is -0.405 e. The Morgan fingerprint density at radius 2 is 1.38 bits per heavy atom. The van der Waals surface area contributed by atoms with Gasteiger partial charge in [-0.25, -0.2) is 0 Å². The Labute approximate surface area is 108 Å². The third-order valence-electron chi connectivity index (χ3n) is 2.59. The number of rotatable bonds is 2. The molecule has 1 aliphatic heterocycles. The van der Waals surface area contributed by atoms with E-state index in [1.54, 1.807) is 0 Å². The Bertz CT molecular complexity index is 397. The first-order valence-corrected chi connectivity index (χ1v) is 5.09. The summed E-state index contributed by atoms with van der Waals surface area (Å²) in [6, 6.07) is 20.5. The molecular formula is C14H11LiO. The molecule has 1 fully saturated rings. The summed E-state index contributed by atoms with van der Waals surface area (Å²) in [6.07, 6.45) is 1.26. The van der Waals surface area contributed by atoms with E-state index in [4.69, 9.17) is 4.74 Å². The fourth-order valence-corrected chi connectivity index (χ4v) is 1.76. The third-order valence-corrected chi connectivity index (χ3v) is 2.59. The maximum Gasteiger partial charge on any atom is 1.00 e. The van der Waals surface area contributed by atoms with E-state index in [-0.39, 0.29) is 25.0 Å². The van der Waals surface area contributed by atoms with Crippen molar-refractivity contribution < 1.29 is 23.6 Å². The van der Waals surface area contributed by atoms with Gasteiger partial charge in [-0.15, -0.1) is 12.1 Å². The normalized spacial score (nSPS) is 17.8. The average molecular weight is 202 g/mol. The molecule has 2 aromatic carbocycles. The summed E-state index contributed by atoms with van der Waals surface area (Å²) in [5, 5.41) is 0. The van der Waals surface area contributed by atoms with Gasteiger partial charge in [0, 0.05) is 0 Å². The van der Waals surface area contributed by atoms with Gasteiger partial charge in [-0.3, -0.25) is 0 Å². The van der Waals surface area contributed by atoms with E-state index < -0.39 is 0 Å². The minimum atomic E-state index is 0. The smallest absolute Gasteiger partial charge is 0.405 e. The van der Waals surface area contributed by atoms with E-state index in [0.29, 0.717) is 0 Å². The topological polar surface area (TPSA) is 12.5 Å². The van der Waals surface area contributed by atoms with Crippen molar-refractivity contribution in [2.24, 2.45) is 0 Å². The van der Waals surface area contributed by atoms with Gasteiger partial charge < -0.3 is 4.74 Å². The van der Waals surface area contributed by atoms with Gasteiger partial charge in [0.2, 0.25) is 0 Å². The molecule has 0 aromatic heterocycles. The predicted molar refractivity (Wildman–Crippen MR) is 59.1 cm³/mol. The molecule has 0 saturated carbocycles. The summed E-state index contributed by atoms with van der Waals surface area (Å²) < 4.78 is 5.61. The summed E-state index contributed by atoms with van der Waals surface area (Å²) in [5.74, 6) is 0. The first-order chi connectivity index (χ1) is 7.45. The molecule has 1 atom stereocenters. The summed E-state index contributed by atoms with van der Waals surface area (Å²) in [6.45, 7) is 0. The molecule has 16 heavy (non-hydrogen) atoms. The average Bonchev–Trinajstić information content (AvgIpc) is 3.11. The van der Waals surface area contributed by atoms with Crippen molar-refractivity contribution in [3.05, 3.63) is 77.9 Å². The summed E-state index contributed by atoms with van der Waals surface area (Å²) in [7, 11) is 0. The minimum absolute atomic E-state index is 0. The van der Waals surface area contributed by atoms with Crippen LogP contribution in [0.5, 0.6) is 0 Å². The molecule has 0 bridgehead atoms. The summed E-state index contributed by atoms with van der Waals surface area (Å²) in [5.41, 5.74) is 2.42. The van der Waals surface area contributed by atoms with Gasteiger partial charge in [-0.1, -0.05) is 36.4 Å². The Kier molecular flexibility index (Phi) is 3.41. The summed E-state index contributed by atoms with van der Waals surface area (Å²) >= 11 is 0. The predicted octanol–water partition coefficient (Wildman–Crippen LogP) is 0.342. The van der Waals surface area contributed by atoms with Gasteiger partial charge >= 0.3 is 18.9 Å². The van der Waals surface area contributed by atoms with Crippen LogP contribution in [0.1, 0.15) is 17.2 Å². The number of hydrogen-bond acceptors (Lipinski definition) is 1. The van der Waals surface area contributed by atoms with Crippen molar-refractivity contribution in [2.45, 2.75) is 6.10 Å². The molecule has 0 amide bonds. The van der Waals surface area contributed by atoms with E-state index in [9.17, 15) is 0 Å². The van der Waals surface area contributed by atoms with Crippen LogP contribution in [0, 0.1) is 6.10 Å². The molecule has 1 heterocycles. The van der Waals surface area contributed by atoms with E-state index >= 15 is 0 Å². The molecule has 1 aliphatic rings. The van der Waals surface area contributed by atoms with Crippen LogP contribution in [0.3, 0.4) is 0 Å². The van der Waals surface area contributed by atoms with E-state index in [0.717, 1.165) is 6.10 Å². The van der Waals surface area contributed by atoms with Crippen LogP contribution in [0.15, 0.2) is 60.7 Å². The number of hydrogen-bond donors (Lipinski definition) is 0. The Balaban J connectivity index is 0.000000963. The molecule has 1 saturated heterocycles. The fraction of sp³-hybridized carbons (Fsp3) is 0.0714. The SMILES string of the molecule is [Li+].c1ccc([C-]2O[C@@H]2c2ccccc2)cc1. The number of ether oxygens (including phenoxy) is 1. The van der Waals surface area contributed by atoms with Gasteiger partial charge in [0.1, 0.15) is 0 Å². The second-order valence-corrected chi connectivity index (χ2v) is 3.64. The first kappa shape index (κ1) is 11.4. The van der Waals surface area contributed by atoms with Gasteiger partial charge in [0.15, 0.2) is 0 Å². The molecule has 0 radical (unpaired) electrons. The molecular weight excluding hydrogens is 191 g/mol. The van der Waals surface area contributed by atoms with Crippen LogP contribution in [-0.4, -0.2) is 0 Å². The second kappa shape index (κ2) is 4.80. The van der Waals surface area contributed by atoms with Crippen LogP contribution in [0.25, 0.3) is 0 Å². The molecule has 0 unspecified atom stereocenters. The van der Waals surface area contributed by atoms with Crippen molar-refractivity contribution in [2.75, 3.05) is 0 Å². The van der Waals surface area contributed by atoms with Crippen molar-refractivity contribution in [1.82, 2.24) is 0 Å². The van der Waals surface area contributed by atoms with E-state index in [1.165, 1.54) is 11.1 Å². The quantitative estimate of drug-likeness (QED) is 0.389. The Morgan fingerprint density at radius 1 is 0.812 bits per heavy atom. The fourth-order valence-electron chi connectivity index (χ4n) is 1.76. The molecule has 0 spiro atoms. The maximum absolute atomic E-state index is 5.61. The van der Waals surface area contributed by atoms with Gasteiger partial charge in [0.05, 0.1) is 6.10 Å². The van der Waals surface area contributed by atoms with Crippen molar-refractivity contribution >= 4 is 0 Å². The van der Waals surface area contributed by atoms with Crippen molar-refractivity contribution in [1.29, 1.82) is 0 Å². The number of epoxide rings is 1. The number of benzene rings is 2. The standard InChI is InChI=1S/C14H11O.Li/c1-3-7-11(8-4-1)13-14(15-13)12-9-5-2-6-10-12;/h1-10,13H;/q-1;+1/t13-;/m1./s1. The summed E-state index contributed by atoms with van der Waals surface area (Å²) in [4.78, 5) is 0. The molecule has 2 aromatic rings. The van der Waals surface area contributed by atoms with Gasteiger partial charge in [-0.2, -0.15) is 17.7 Å². The van der Waals surface area contributed by atoms with E-state index in [2.05, 4.69) is 24.3 Å². The van der Waals surface area contributed by atoms with Crippen LogP contribution in [0.4, 0.5) is 0 Å². The van der Waals surface area contributed by atoms with Crippen LogP contribution >= 0.6 is 0 Å². The zero-order valence-corrected chi connectivity index (χ0v) is 9.26. The molecule has 3 rings (SSSR count). The van der Waals surface area contributed by atoms with Crippen LogP contribution < -0.4 is 18.9 Å². The third kappa shape index (κ3) is 2.17. The van der Waals surface area contributed by atoms with Crippen molar-refractivity contribution in [3.63, 3.8) is 0 Å². The zero-order valence-electron chi connectivity index (χ0n) is 9.26. The first-order valence-electron chi connectivity index (χ1n) is 5.09. The van der Waals surface area contributed by atoms with Gasteiger partial charge in [-0.05, 0) is 11.7 Å². The molecule has 1 nitrogen and oxygen atoms in total. The van der Waals surface area contributed by atoms with Crippen molar-refractivity contribution in [3.8, 4) is 0 Å².